The fraction of sp³-hybridized carbons (Fsp3) is 0.250. The first-order valence-electron chi connectivity index (χ1n) is 10.1. The summed E-state index contributed by atoms with van der Waals surface area (Å²) in [7, 11) is -3.66. The number of hydrogen-bond acceptors (Lipinski definition) is 9. The summed E-state index contributed by atoms with van der Waals surface area (Å²) in [5.41, 5.74) is 0.969. The summed E-state index contributed by atoms with van der Waals surface area (Å²) in [5.74, 6) is 0.623. The van der Waals surface area contributed by atoms with Crippen molar-refractivity contribution in [2.45, 2.75) is 11.4 Å². The summed E-state index contributed by atoms with van der Waals surface area (Å²) in [6.45, 7) is 1.98. The van der Waals surface area contributed by atoms with E-state index in [9.17, 15) is 18.5 Å². The number of nitrogens with one attached hydrogen (secondary N) is 1. The SMILES string of the molecule is O=[N+]([O-])c1cccc(-c2noc(CN3CCN(S(=O)(=O)c4c[nH]c5ncccc45)CC3)n2)c1. The number of non-ortho nitro benzene ring substituents is 1. The van der Waals surface area contributed by atoms with Crippen molar-refractivity contribution in [2.24, 2.45) is 0 Å². The monoisotopic (exact) mass is 469 g/mol. The average molecular weight is 469 g/mol. The van der Waals surface area contributed by atoms with Crippen molar-refractivity contribution >= 4 is 26.7 Å². The molecule has 3 aromatic heterocycles. The Balaban J connectivity index is 1.24. The number of nitro groups is 1. The molecule has 4 aromatic rings. The molecule has 1 aliphatic rings. The average Bonchev–Trinajstić information content (AvgIpc) is 3.47. The zero-order valence-electron chi connectivity index (χ0n) is 17.3. The maximum atomic E-state index is 13.1. The van der Waals surface area contributed by atoms with E-state index < -0.39 is 14.9 Å². The quantitative estimate of drug-likeness (QED) is 0.330. The minimum Gasteiger partial charge on any atom is -0.345 e. The van der Waals surface area contributed by atoms with Crippen LogP contribution in [0.1, 0.15) is 5.89 Å². The molecule has 0 spiro atoms. The van der Waals surface area contributed by atoms with Crippen molar-refractivity contribution in [3.63, 3.8) is 0 Å². The van der Waals surface area contributed by atoms with Gasteiger partial charge in [-0.25, -0.2) is 13.4 Å². The highest BCUT2D eigenvalue weighted by Gasteiger charge is 2.31. The highest BCUT2D eigenvalue weighted by atomic mass is 32.2. The molecule has 0 unspecified atom stereocenters. The van der Waals surface area contributed by atoms with Gasteiger partial charge in [0.05, 0.1) is 11.5 Å². The first kappa shape index (κ1) is 21.2. The normalized spacial score (nSPS) is 15.8. The number of nitro benzene ring substituents is 1. The molecule has 0 aliphatic carbocycles. The number of pyridine rings is 1. The Morgan fingerprint density at radius 2 is 1.97 bits per heavy atom. The minimum atomic E-state index is -3.66. The van der Waals surface area contributed by atoms with Crippen LogP contribution in [0.5, 0.6) is 0 Å². The van der Waals surface area contributed by atoms with Gasteiger partial charge in [0.15, 0.2) is 0 Å². The number of piperazine rings is 1. The largest absolute Gasteiger partial charge is 0.345 e. The van der Waals surface area contributed by atoms with Crippen molar-refractivity contribution < 1.29 is 17.9 Å². The topological polar surface area (TPSA) is 151 Å². The molecule has 1 aromatic carbocycles. The highest BCUT2D eigenvalue weighted by molar-refractivity contribution is 7.89. The van der Waals surface area contributed by atoms with Gasteiger partial charge in [-0.3, -0.25) is 15.0 Å². The predicted octanol–water partition coefficient (Wildman–Crippen LogP) is 2.03. The summed E-state index contributed by atoms with van der Waals surface area (Å²) in [4.78, 5) is 24.1. The Morgan fingerprint density at radius 1 is 1.15 bits per heavy atom. The fourth-order valence-corrected chi connectivity index (χ4v) is 5.37. The second-order valence-corrected chi connectivity index (χ2v) is 9.46. The van der Waals surface area contributed by atoms with E-state index in [2.05, 4.69) is 20.1 Å². The van der Waals surface area contributed by atoms with Crippen LogP contribution in [0.25, 0.3) is 22.4 Å². The molecule has 12 nitrogen and oxygen atoms in total. The summed E-state index contributed by atoms with van der Waals surface area (Å²) in [5, 5.41) is 15.5. The molecule has 1 aliphatic heterocycles. The zero-order chi connectivity index (χ0) is 23.0. The van der Waals surface area contributed by atoms with E-state index in [-0.39, 0.29) is 16.4 Å². The number of H-pyrrole nitrogens is 1. The van der Waals surface area contributed by atoms with Crippen molar-refractivity contribution in [2.75, 3.05) is 26.2 Å². The Bertz CT molecular complexity index is 1420. The molecule has 1 fully saturated rings. The van der Waals surface area contributed by atoms with Crippen LogP contribution in [0.15, 0.2) is 58.2 Å². The van der Waals surface area contributed by atoms with Crippen molar-refractivity contribution in [3.05, 3.63) is 64.8 Å². The molecule has 4 heterocycles. The molecule has 1 N–H and O–H groups in total. The lowest BCUT2D eigenvalue weighted by Gasteiger charge is -2.32. The van der Waals surface area contributed by atoms with Crippen molar-refractivity contribution in [1.29, 1.82) is 0 Å². The Hall–Kier alpha value is -3.68. The highest BCUT2D eigenvalue weighted by Crippen LogP contribution is 2.26. The lowest BCUT2D eigenvalue weighted by atomic mass is 10.2. The van der Waals surface area contributed by atoms with Crippen LogP contribution >= 0.6 is 0 Å². The molecular formula is C20H19N7O5S. The number of aromatic amines is 1. The smallest absolute Gasteiger partial charge is 0.270 e. The van der Waals surface area contributed by atoms with E-state index in [0.29, 0.717) is 55.2 Å². The van der Waals surface area contributed by atoms with Crippen LogP contribution in [-0.2, 0) is 16.6 Å². The van der Waals surface area contributed by atoms with E-state index in [4.69, 9.17) is 4.52 Å². The number of hydrogen-bond donors (Lipinski definition) is 1. The minimum absolute atomic E-state index is 0.0536. The number of benzene rings is 1. The zero-order valence-corrected chi connectivity index (χ0v) is 18.1. The molecule has 33 heavy (non-hydrogen) atoms. The number of fused-ring (bicyclic) bond motifs is 1. The number of nitrogens with zero attached hydrogens (tertiary/aromatic N) is 6. The molecule has 170 valence electrons. The second-order valence-electron chi connectivity index (χ2n) is 7.55. The second kappa shape index (κ2) is 8.35. The number of sulfonamides is 1. The van der Waals surface area contributed by atoms with Crippen molar-refractivity contribution in [3.8, 4) is 11.4 Å². The van der Waals surface area contributed by atoms with Crippen LogP contribution in [0.3, 0.4) is 0 Å². The van der Waals surface area contributed by atoms with Gasteiger partial charge in [-0.05, 0) is 12.1 Å². The van der Waals surface area contributed by atoms with Crippen LogP contribution < -0.4 is 0 Å². The summed E-state index contributed by atoms with van der Waals surface area (Å²) >= 11 is 0. The lowest BCUT2D eigenvalue weighted by Crippen LogP contribution is -2.48. The summed E-state index contributed by atoms with van der Waals surface area (Å²) in [6, 6.07) is 9.46. The third-order valence-electron chi connectivity index (χ3n) is 5.50. The molecule has 1 saturated heterocycles. The molecule has 0 radical (unpaired) electrons. The Labute approximate surface area is 188 Å². The Kier molecular flexibility index (Phi) is 5.36. The van der Waals surface area contributed by atoms with E-state index in [1.54, 1.807) is 30.5 Å². The van der Waals surface area contributed by atoms with E-state index in [0.717, 1.165) is 0 Å². The van der Waals surface area contributed by atoms with Gasteiger partial charge in [-0.2, -0.15) is 9.29 Å². The molecule has 0 bridgehead atoms. The van der Waals surface area contributed by atoms with Gasteiger partial charge >= 0.3 is 0 Å². The van der Waals surface area contributed by atoms with E-state index >= 15 is 0 Å². The molecule has 5 rings (SSSR count). The summed E-state index contributed by atoms with van der Waals surface area (Å²) in [6.07, 6.45) is 3.09. The molecule has 0 saturated carbocycles. The van der Waals surface area contributed by atoms with Crippen molar-refractivity contribution in [1.82, 2.24) is 29.3 Å². The lowest BCUT2D eigenvalue weighted by molar-refractivity contribution is -0.384. The first-order valence-corrected chi connectivity index (χ1v) is 11.6. The fourth-order valence-electron chi connectivity index (χ4n) is 3.80. The van der Waals surface area contributed by atoms with Gasteiger partial charge in [0.1, 0.15) is 10.5 Å². The van der Waals surface area contributed by atoms with Crippen LogP contribution in [0.4, 0.5) is 5.69 Å². The van der Waals surface area contributed by atoms with E-state index in [1.165, 1.54) is 22.6 Å². The number of aromatic nitrogens is 4. The number of rotatable bonds is 6. The maximum Gasteiger partial charge on any atom is 0.270 e. The molecule has 0 amide bonds. The van der Waals surface area contributed by atoms with Crippen LogP contribution in [0, 0.1) is 10.1 Å². The standard InChI is InChI=1S/C20H19N7O5S/c28-27(29)15-4-1-3-14(11-15)19-23-18(32-24-19)13-25-7-9-26(10-8-25)33(30,31)17-12-22-20-16(17)5-2-6-21-20/h1-6,11-12H,7-10,13H2,(H,21,22). The first-order chi connectivity index (χ1) is 15.9. The van der Waals surface area contributed by atoms with Crippen LogP contribution in [-0.4, -0.2) is 68.8 Å². The van der Waals surface area contributed by atoms with Gasteiger partial charge in [-0.15, -0.1) is 0 Å². The predicted molar refractivity (Wildman–Crippen MR) is 117 cm³/mol. The Morgan fingerprint density at radius 3 is 2.76 bits per heavy atom. The van der Waals surface area contributed by atoms with Gasteiger partial charge in [0.25, 0.3) is 5.69 Å². The molecular weight excluding hydrogens is 450 g/mol. The molecule has 0 atom stereocenters. The molecule has 13 heteroatoms. The summed E-state index contributed by atoms with van der Waals surface area (Å²) < 4.78 is 33.0. The third kappa shape index (κ3) is 4.08. The third-order valence-corrected chi connectivity index (χ3v) is 7.44. The van der Waals surface area contributed by atoms with Crippen LogP contribution in [0.2, 0.25) is 0 Å². The van der Waals surface area contributed by atoms with Gasteiger partial charge in [0.2, 0.25) is 21.7 Å². The van der Waals surface area contributed by atoms with Gasteiger partial charge in [-0.1, -0.05) is 17.3 Å². The maximum absolute atomic E-state index is 13.1. The van der Waals surface area contributed by atoms with Gasteiger partial charge < -0.3 is 9.51 Å². The van der Waals surface area contributed by atoms with E-state index in [1.807, 2.05) is 4.90 Å². The van der Waals surface area contributed by atoms with Gasteiger partial charge in [0, 0.05) is 61.7 Å².